The monoisotopic (exact) mass is 1020 g/mol. The topological polar surface area (TPSA) is 346 Å². The first-order valence-corrected chi connectivity index (χ1v) is 22.7. The number of pyridine rings is 3. The third-order valence-corrected chi connectivity index (χ3v) is 11.2. The highest BCUT2D eigenvalue weighted by Crippen LogP contribution is 2.30. The van der Waals surface area contributed by atoms with Gasteiger partial charge in [0, 0.05) is 164 Å². The number of aromatic amines is 4. The van der Waals surface area contributed by atoms with Crippen LogP contribution in [0.2, 0.25) is 0 Å². The van der Waals surface area contributed by atoms with Crippen LogP contribution < -0.4 is 5.73 Å². The molecular weight excluding hydrogens is 981 g/mol. The lowest BCUT2D eigenvalue weighted by atomic mass is 10.0. The zero-order valence-electron chi connectivity index (χ0n) is 40.1. The number of carbonyl (C=O) groups is 1. The summed E-state index contributed by atoms with van der Waals surface area (Å²) in [6.45, 7) is 0. The summed E-state index contributed by atoms with van der Waals surface area (Å²) in [5.74, 6) is 0. The van der Waals surface area contributed by atoms with Gasteiger partial charge in [0.25, 0.3) is 17.1 Å². The van der Waals surface area contributed by atoms with E-state index in [-0.39, 0.29) is 23.5 Å². The van der Waals surface area contributed by atoms with Gasteiger partial charge in [-0.15, -0.1) is 0 Å². The third kappa shape index (κ3) is 13.8. The van der Waals surface area contributed by atoms with Crippen molar-refractivity contribution in [3.63, 3.8) is 0 Å². The van der Waals surface area contributed by atoms with Crippen LogP contribution in [0.5, 0.6) is 0 Å². The molecule has 0 amide bonds. The molecule has 0 bridgehead atoms. The largest absolute Gasteiger partial charge is 0.399 e. The molecule has 0 aliphatic heterocycles. The number of aromatic nitrogens is 7. The standard InChI is InChI=1S/C16H10N4O2.C16H12N4.C10H7N3O2.C8H6N2O2.C6H5NO/c17-8-12(6-11-2-1-5-18-9-11)15-10-19-16-4-3-13(20(21)22)7-14(15)16;17-8-12(6-11-2-1-5-19-9-11)15-10-20-16-4-3-13(18)7-14(15)16;11-4-3-7-6-12-10-2-1-8(13(14)15)5-9(7)10;11-10(12)7-1-2-8-6(5-7)3-4-9-8;8-5-6-2-1-3-7-4-6/h1-7,9-10,19H;1-7,9-10,20H,18H2;1-2,5-6,12H,3H2;1-5,9H;1-5H/b2*12-6+;;;. The van der Waals surface area contributed by atoms with Crippen LogP contribution in [0.1, 0.15) is 38.2 Å². The summed E-state index contributed by atoms with van der Waals surface area (Å²) in [7, 11) is 0. The van der Waals surface area contributed by atoms with Gasteiger partial charge in [0.15, 0.2) is 6.29 Å². The van der Waals surface area contributed by atoms with Crippen molar-refractivity contribution in [1.82, 2.24) is 34.9 Å². The molecule has 0 fully saturated rings. The Hall–Kier alpha value is -11.9. The van der Waals surface area contributed by atoms with E-state index < -0.39 is 14.8 Å². The number of nitriles is 3. The highest BCUT2D eigenvalue weighted by atomic mass is 16.6. The van der Waals surface area contributed by atoms with Gasteiger partial charge in [-0.1, -0.05) is 12.1 Å². The molecule has 0 unspecified atom stereocenters. The van der Waals surface area contributed by atoms with Gasteiger partial charge >= 0.3 is 0 Å². The summed E-state index contributed by atoms with van der Waals surface area (Å²) >= 11 is 0. The van der Waals surface area contributed by atoms with Crippen LogP contribution >= 0.6 is 0 Å². The van der Waals surface area contributed by atoms with E-state index in [1.165, 1.54) is 36.5 Å². The van der Waals surface area contributed by atoms with Crippen molar-refractivity contribution < 1.29 is 19.6 Å². The van der Waals surface area contributed by atoms with Crippen LogP contribution in [0.25, 0.3) is 66.9 Å². The highest BCUT2D eigenvalue weighted by Gasteiger charge is 2.14. The zero-order valence-corrected chi connectivity index (χ0v) is 40.1. The van der Waals surface area contributed by atoms with Crippen molar-refractivity contribution in [3.05, 3.63) is 241 Å². The summed E-state index contributed by atoms with van der Waals surface area (Å²) in [5, 5.41) is 62.4. The number of anilines is 1. The first kappa shape index (κ1) is 52.9. The van der Waals surface area contributed by atoms with E-state index in [1.807, 2.05) is 60.8 Å². The number of benzene rings is 4. The fourth-order valence-electron chi connectivity index (χ4n) is 7.51. The van der Waals surface area contributed by atoms with Crippen molar-refractivity contribution in [2.24, 2.45) is 0 Å². The fraction of sp³-hybridized carbons (Fsp3) is 0.0179. The lowest BCUT2D eigenvalue weighted by Crippen LogP contribution is -1.87. The first-order chi connectivity index (χ1) is 37.4. The molecule has 4 aromatic carbocycles. The number of allylic oxidation sites excluding steroid dienone is 2. The second-order valence-electron chi connectivity index (χ2n) is 16.2. The van der Waals surface area contributed by atoms with Crippen LogP contribution in [-0.4, -0.2) is 55.9 Å². The van der Waals surface area contributed by atoms with E-state index in [4.69, 9.17) is 11.0 Å². The minimum Gasteiger partial charge on any atom is -0.399 e. The van der Waals surface area contributed by atoms with Crippen molar-refractivity contribution in [3.8, 4) is 18.2 Å². The Bertz CT molecular complexity index is 4090. The molecule has 21 nitrogen and oxygen atoms in total. The summed E-state index contributed by atoms with van der Waals surface area (Å²) in [6, 6.07) is 38.5. The van der Waals surface area contributed by atoms with Gasteiger partial charge in [0.1, 0.15) is 0 Å². The van der Waals surface area contributed by atoms with Crippen molar-refractivity contribution in [2.45, 2.75) is 6.42 Å². The lowest BCUT2D eigenvalue weighted by Gasteiger charge is -1.99. The number of H-pyrrole nitrogens is 4. The van der Waals surface area contributed by atoms with Crippen LogP contribution in [0, 0.1) is 64.3 Å². The predicted octanol–water partition coefficient (Wildman–Crippen LogP) is 11.9. The van der Waals surface area contributed by atoms with E-state index >= 15 is 0 Å². The lowest BCUT2D eigenvalue weighted by molar-refractivity contribution is -0.384. The molecule has 7 aromatic heterocycles. The highest BCUT2D eigenvalue weighted by molar-refractivity contribution is 6.03. The quantitative estimate of drug-likeness (QED) is 0.0295. The average Bonchev–Trinajstić information content (AvgIpc) is 4.32. The molecule has 11 rings (SSSR count). The minimum absolute atomic E-state index is 0.00739. The van der Waals surface area contributed by atoms with Crippen LogP contribution in [0.4, 0.5) is 22.7 Å². The predicted molar refractivity (Wildman–Crippen MR) is 292 cm³/mol. The molecule has 0 radical (unpaired) electrons. The molecule has 11 aromatic rings. The molecular formula is C56H40N14O7. The molecule has 0 saturated carbocycles. The van der Waals surface area contributed by atoms with Gasteiger partial charge in [-0.2, -0.15) is 15.8 Å². The SMILES string of the molecule is N#C/C(=C\c1cccnc1)c1c[nH]c2ccc(N)cc12.N#C/C(=C\c1cccnc1)c1c[nH]c2ccc([N+](=O)[O-])cc12.N#CCc1c[nH]c2ccc([N+](=O)[O-])cc12.O=Cc1cccnc1.O=[N+]([O-])c1ccc2[nH]ccc2c1. The Morgan fingerprint density at radius 2 is 1.00 bits per heavy atom. The minimum atomic E-state index is -0.451. The summed E-state index contributed by atoms with van der Waals surface area (Å²) in [5.41, 5.74) is 15.6. The smallest absolute Gasteiger partial charge is 0.270 e. The molecule has 21 heteroatoms. The first-order valence-electron chi connectivity index (χ1n) is 22.7. The molecule has 7 heterocycles. The molecule has 376 valence electrons. The van der Waals surface area contributed by atoms with Crippen LogP contribution in [0.3, 0.4) is 0 Å². The number of hydrogen-bond donors (Lipinski definition) is 5. The molecule has 0 atom stereocenters. The number of carbonyl (C=O) groups excluding carboxylic acids is 1. The Labute approximate surface area is 436 Å². The van der Waals surface area contributed by atoms with Crippen LogP contribution in [0.15, 0.2) is 177 Å². The number of rotatable bonds is 9. The number of nitrogens with zero attached hydrogens (tertiary/aromatic N) is 9. The summed E-state index contributed by atoms with van der Waals surface area (Å²) in [6.07, 6.45) is 21.4. The summed E-state index contributed by atoms with van der Waals surface area (Å²) in [4.78, 5) is 64.4. The Morgan fingerprint density at radius 1 is 0.545 bits per heavy atom. The maximum Gasteiger partial charge on any atom is 0.270 e. The molecule has 0 aliphatic carbocycles. The number of nitro groups is 3. The van der Waals surface area contributed by atoms with Crippen molar-refractivity contribution >= 4 is 95.9 Å². The molecule has 0 saturated heterocycles. The van der Waals surface area contributed by atoms with E-state index in [0.717, 1.165) is 66.8 Å². The van der Waals surface area contributed by atoms with Gasteiger partial charge in [-0.3, -0.25) is 50.1 Å². The number of hydrogen-bond acceptors (Lipinski definition) is 14. The number of nitrogens with one attached hydrogen (secondary N) is 4. The molecule has 0 spiro atoms. The third-order valence-electron chi connectivity index (χ3n) is 11.2. The van der Waals surface area contributed by atoms with E-state index in [1.54, 1.807) is 98.1 Å². The number of nitrogen functional groups attached to an aromatic ring is 1. The average molecular weight is 1020 g/mol. The number of non-ortho nitro benzene ring substituents is 3. The van der Waals surface area contributed by atoms with E-state index in [2.05, 4.69) is 47.0 Å². The van der Waals surface area contributed by atoms with E-state index in [9.17, 15) is 45.7 Å². The number of nitrogens with two attached hydrogens (primary N) is 1. The number of nitro benzene ring substituents is 3. The zero-order chi connectivity index (χ0) is 54.7. The van der Waals surface area contributed by atoms with Gasteiger partial charge in [0.05, 0.1) is 50.5 Å². The Kier molecular flexibility index (Phi) is 17.5. The maximum atomic E-state index is 10.9. The van der Waals surface area contributed by atoms with E-state index in [0.29, 0.717) is 33.3 Å². The van der Waals surface area contributed by atoms with Crippen molar-refractivity contribution in [1.29, 1.82) is 15.8 Å². The van der Waals surface area contributed by atoms with Gasteiger partial charge in [-0.05, 0) is 95.6 Å². The second kappa shape index (κ2) is 25.5. The second-order valence-corrected chi connectivity index (χ2v) is 16.2. The number of aldehydes is 1. The Balaban J connectivity index is 0.000000145. The fourth-order valence-corrected chi connectivity index (χ4v) is 7.51. The van der Waals surface area contributed by atoms with Gasteiger partial charge in [-0.25, -0.2) is 0 Å². The molecule has 77 heavy (non-hydrogen) atoms. The van der Waals surface area contributed by atoms with Gasteiger partial charge in [0.2, 0.25) is 0 Å². The maximum absolute atomic E-state index is 10.9. The molecule has 0 aliphatic rings. The van der Waals surface area contributed by atoms with Crippen LogP contribution in [-0.2, 0) is 6.42 Å². The molecule has 6 N–H and O–H groups in total. The normalized spacial score (nSPS) is 10.7. The summed E-state index contributed by atoms with van der Waals surface area (Å²) < 4.78 is 0. The van der Waals surface area contributed by atoms with Gasteiger partial charge < -0.3 is 25.7 Å². The Morgan fingerprint density at radius 3 is 1.47 bits per heavy atom. The number of fused-ring (bicyclic) bond motifs is 4. The van der Waals surface area contributed by atoms with Crippen molar-refractivity contribution in [2.75, 3.05) is 5.73 Å².